The van der Waals surface area contributed by atoms with Crippen LogP contribution in [-0.4, -0.2) is 52.8 Å². The minimum absolute atomic E-state index is 0.171. The molecular formula is C24H20Cl2F3N5O. The highest BCUT2D eigenvalue weighted by Crippen LogP contribution is 2.37. The van der Waals surface area contributed by atoms with Crippen molar-refractivity contribution in [3.63, 3.8) is 0 Å². The summed E-state index contributed by atoms with van der Waals surface area (Å²) in [6.45, 7) is 0.632. The zero-order valence-electron chi connectivity index (χ0n) is 18.7. The Hall–Kier alpha value is -3.14. The lowest BCUT2D eigenvalue weighted by Gasteiger charge is -2.14. The van der Waals surface area contributed by atoms with E-state index in [0.717, 1.165) is 0 Å². The molecule has 11 heteroatoms. The molecule has 182 valence electrons. The molecule has 0 unspecified atom stereocenters. The number of para-hydroxylation sites is 1. The van der Waals surface area contributed by atoms with Crippen LogP contribution >= 0.6 is 23.2 Å². The van der Waals surface area contributed by atoms with E-state index in [2.05, 4.69) is 15.4 Å². The van der Waals surface area contributed by atoms with Crippen LogP contribution in [0.5, 0.6) is 0 Å². The largest absolute Gasteiger partial charge is 0.434 e. The number of aromatic nitrogens is 3. The summed E-state index contributed by atoms with van der Waals surface area (Å²) in [7, 11) is 3.59. The monoisotopic (exact) mass is 521 g/mol. The van der Waals surface area contributed by atoms with Crippen LogP contribution in [0.2, 0.25) is 10.0 Å². The van der Waals surface area contributed by atoms with Crippen LogP contribution in [0, 0.1) is 0 Å². The van der Waals surface area contributed by atoms with E-state index >= 15 is 0 Å². The fourth-order valence-electron chi connectivity index (χ4n) is 3.57. The fraction of sp³-hybridized carbons (Fsp3) is 0.208. The van der Waals surface area contributed by atoms with Gasteiger partial charge in [0.05, 0.1) is 22.0 Å². The molecule has 0 saturated carbocycles. The van der Waals surface area contributed by atoms with Gasteiger partial charge in [0.2, 0.25) is 0 Å². The molecule has 2 heterocycles. The predicted octanol–water partition coefficient (Wildman–Crippen LogP) is 5.70. The highest BCUT2D eigenvalue weighted by Gasteiger charge is 2.38. The van der Waals surface area contributed by atoms with Gasteiger partial charge in [0.15, 0.2) is 11.3 Å². The Kier molecular flexibility index (Phi) is 7.02. The Balaban J connectivity index is 1.98. The predicted molar refractivity (Wildman–Crippen MR) is 130 cm³/mol. The van der Waals surface area contributed by atoms with E-state index in [1.165, 1.54) is 10.7 Å². The van der Waals surface area contributed by atoms with Crippen LogP contribution in [0.1, 0.15) is 16.1 Å². The molecule has 6 nitrogen and oxygen atoms in total. The van der Waals surface area contributed by atoms with E-state index in [9.17, 15) is 18.0 Å². The van der Waals surface area contributed by atoms with Crippen molar-refractivity contribution in [3.05, 3.63) is 75.9 Å². The first-order valence-corrected chi connectivity index (χ1v) is 11.3. The third-order valence-corrected chi connectivity index (χ3v) is 5.79. The lowest BCUT2D eigenvalue weighted by Crippen LogP contribution is -2.32. The Labute approximate surface area is 209 Å². The SMILES string of the molecule is CN(C)CCNC(=O)c1cc2c(-c3ccc(Cl)cc3)n(-c3ccccc3Cl)nc2nc1C(F)(F)F. The summed E-state index contributed by atoms with van der Waals surface area (Å²) in [5.41, 5.74) is -0.586. The van der Waals surface area contributed by atoms with Gasteiger partial charge in [-0.25, -0.2) is 9.67 Å². The number of pyridine rings is 1. The first kappa shape index (κ1) is 25.0. The minimum atomic E-state index is -4.86. The first-order valence-electron chi connectivity index (χ1n) is 10.5. The molecule has 0 radical (unpaired) electrons. The maximum atomic E-state index is 13.9. The standard InChI is InChI=1S/C24H20Cl2F3N5O/c1-33(2)12-11-30-23(35)17-13-16-20(14-7-9-15(25)10-8-14)34(19-6-4-3-5-18(19)26)32-22(16)31-21(17)24(27,28)29/h3-10,13H,11-12H2,1-2H3,(H,30,35). The fourth-order valence-corrected chi connectivity index (χ4v) is 3.92. The first-order chi connectivity index (χ1) is 16.6. The lowest BCUT2D eigenvalue weighted by atomic mass is 10.0. The van der Waals surface area contributed by atoms with E-state index in [1.807, 2.05) is 0 Å². The van der Waals surface area contributed by atoms with Crippen LogP contribution in [0.15, 0.2) is 54.6 Å². The number of amides is 1. The number of likely N-dealkylation sites (N-methyl/N-ethyl adjacent to an activating group) is 1. The molecule has 0 fully saturated rings. The zero-order chi connectivity index (χ0) is 25.3. The zero-order valence-corrected chi connectivity index (χ0v) is 20.2. The quantitative estimate of drug-likeness (QED) is 0.353. The molecule has 0 aliphatic carbocycles. The minimum Gasteiger partial charge on any atom is -0.351 e. The molecule has 1 N–H and O–H groups in total. The molecule has 1 amide bonds. The summed E-state index contributed by atoms with van der Waals surface area (Å²) in [5.74, 6) is -0.874. The van der Waals surface area contributed by atoms with Gasteiger partial charge in [0.25, 0.3) is 5.91 Å². The van der Waals surface area contributed by atoms with Gasteiger partial charge in [-0.2, -0.15) is 13.2 Å². The number of carbonyl (C=O) groups is 1. The van der Waals surface area contributed by atoms with Gasteiger partial charge in [-0.3, -0.25) is 4.79 Å². The molecule has 0 aliphatic heterocycles. The molecule has 2 aromatic carbocycles. The van der Waals surface area contributed by atoms with Crippen LogP contribution < -0.4 is 5.32 Å². The van der Waals surface area contributed by atoms with Gasteiger partial charge < -0.3 is 10.2 Å². The van der Waals surface area contributed by atoms with E-state index in [-0.39, 0.29) is 17.6 Å². The third kappa shape index (κ3) is 5.27. The van der Waals surface area contributed by atoms with Crippen molar-refractivity contribution in [1.82, 2.24) is 25.0 Å². The molecule has 4 aromatic rings. The highest BCUT2D eigenvalue weighted by atomic mass is 35.5. The van der Waals surface area contributed by atoms with Gasteiger partial charge in [-0.15, -0.1) is 5.10 Å². The number of nitrogens with zero attached hydrogens (tertiary/aromatic N) is 4. The maximum Gasteiger partial charge on any atom is 0.434 e. The van der Waals surface area contributed by atoms with E-state index in [0.29, 0.717) is 33.5 Å². The van der Waals surface area contributed by atoms with Crippen molar-refractivity contribution in [3.8, 4) is 16.9 Å². The molecule has 0 bridgehead atoms. The molecule has 0 spiro atoms. The number of hydrogen-bond donors (Lipinski definition) is 1. The average Bonchev–Trinajstić information content (AvgIpc) is 3.16. The second-order valence-corrected chi connectivity index (χ2v) is 8.87. The van der Waals surface area contributed by atoms with Gasteiger partial charge in [0, 0.05) is 29.1 Å². The number of rotatable bonds is 6. The third-order valence-electron chi connectivity index (χ3n) is 5.22. The summed E-state index contributed by atoms with van der Waals surface area (Å²) in [4.78, 5) is 18.4. The van der Waals surface area contributed by atoms with Crippen molar-refractivity contribution in [2.24, 2.45) is 0 Å². The van der Waals surface area contributed by atoms with Crippen molar-refractivity contribution >= 4 is 40.1 Å². The number of benzene rings is 2. The number of halogens is 5. The second-order valence-electron chi connectivity index (χ2n) is 8.03. The average molecular weight is 522 g/mol. The van der Waals surface area contributed by atoms with Gasteiger partial charge in [0.1, 0.15) is 0 Å². The van der Waals surface area contributed by atoms with Crippen LogP contribution in [0.25, 0.3) is 28.0 Å². The molecule has 2 aromatic heterocycles. The normalized spacial score (nSPS) is 11.9. The van der Waals surface area contributed by atoms with Crippen LogP contribution in [0.4, 0.5) is 13.2 Å². The smallest absolute Gasteiger partial charge is 0.351 e. The summed E-state index contributed by atoms with van der Waals surface area (Å²) in [5, 5.41) is 7.98. The van der Waals surface area contributed by atoms with Crippen molar-refractivity contribution in [1.29, 1.82) is 0 Å². The summed E-state index contributed by atoms with van der Waals surface area (Å²) in [6.07, 6.45) is -4.86. The van der Waals surface area contributed by atoms with E-state index in [1.54, 1.807) is 67.5 Å². The van der Waals surface area contributed by atoms with E-state index in [4.69, 9.17) is 23.2 Å². The Morgan fingerprint density at radius 3 is 2.40 bits per heavy atom. The second kappa shape index (κ2) is 9.85. The Bertz CT molecular complexity index is 1380. The Morgan fingerprint density at radius 2 is 1.77 bits per heavy atom. The van der Waals surface area contributed by atoms with Gasteiger partial charge in [-0.1, -0.05) is 47.5 Å². The van der Waals surface area contributed by atoms with E-state index < -0.39 is 23.3 Å². The van der Waals surface area contributed by atoms with Crippen LogP contribution in [-0.2, 0) is 6.18 Å². The lowest BCUT2D eigenvalue weighted by molar-refractivity contribution is -0.141. The topological polar surface area (TPSA) is 63.1 Å². The molecule has 0 aliphatic rings. The molecule has 0 saturated heterocycles. The number of fused-ring (bicyclic) bond motifs is 1. The maximum absolute atomic E-state index is 13.9. The number of nitrogens with one attached hydrogen (secondary N) is 1. The van der Waals surface area contributed by atoms with Crippen molar-refractivity contribution < 1.29 is 18.0 Å². The summed E-state index contributed by atoms with van der Waals surface area (Å²) in [6, 6.07) is 14.7. The number of hydrogen-bond acceptors (Lipinski definition) is 4. The molecule has 35 heavy (non-hydrogen) atoms. The van der Waals surface area contributed by atoms with Crippen molar-refractivity contribution in [2.75, 3.05) is 27.2 Å². The summed E-state index contributed by atoms with van der Waals surface area (Å²) < 4.78 is 43.2. The van der Waals surface area contributed by atoms with Crippen molar-refractivity contribution in [2.45, 2.75) is 6.18 Å². The van der Waals surface area contributed by atoms with Crippen LogP contribution in [0.3, 0.4) is 0 Å². The highest BCUT2D eigenvalue weighted by molar-refractivity contribution is 6.32. The molecule has 4 rings (SSSR count). The Morgan fingerprint density at radius 1 is 1.09 bits per heavy atom. The summed E-state index contributed by atoms with van der Waals surface area (Å²) >= 11 is 12.4. The van der Waals surface area contributed by atoms with Gasteiger partial charge in [-0.05, 0) is 44.4 Å². The molecule has 0 atom stereocenters. The number of alkyl halides is 3. The van der Waals surface area contributed by atoms with Gasteiger partial charge >= 0.3 is 6.18 Å². The number of carbonyl (C=O) groups excluding carboxylic acids is 1. The molecular weight excluding hydrogens is 502 g/mol.